The predicted molar refractivity (Wildman–Crippen MR) is 135 cm³/mol. The number of piperazine rings is 1. The third kappa shape index (κ3) is 5.03. The summed E-state index contributed by atoms with van der Waals surface area (Å²) in [7, 11) is -2.23. The Hall–Kier alpha value is -2.69. The van der Waals surface area contributed by atoms with Crippen LogP contribution >= 0.6 is 11.3 Å². The van der Waals surface area contributed by atoms with Gasteiger partial charge < -0.3 is 14.5 Å². The van der Waals surface area contributed by atoms with Crippen LogP contribution in [0.1, 0.15) is 18.9 Å². The van der Waals surface area contributed by atoms with Crippen LogP contribution in [0.2, 0.25) is 0 Å². The van der Waals surface area contributed by atoms with Gasteiger partial charge in [0, 0.05) is 26.2 Å². The highest BCUT2D eigenvalue weighted by molar-refractivity contribution is 7.89. The average molecular weight is 503 g/mol. The van der Waals surface area contributed by atoms with Crippen LogP contribution in [-0.4, -0.2) is 63.5 Å². The Kier molecular flexibility index (Phi) is 7.11. The minimum Gasteiger partial charge on any atom is -0.495 e. The van der Waals surface area contributed by atoms with Gasteiger partial charge in [0.05, 0.1) is 32.9 Å². The number of aryl methyl sites for hydroxylation is 1. The van der Waals surface area contributed by atoms with E-state index in [4.69, 9.17) is 4.74 Å². The molecule has 3 aromatic rings. The van der Waals surface area contributed by atoms with Gasteiger partial charge in [-0.2, -0.15) is 4.72 Å². The number of rotatable bonds is 7. The molecule has 1 aliphatic rings. The van der Waals surface area contributed by atoms with Crippen LogP contribution in [0.25, 0.3) is 10.2 Å². The van der Waals surface area contributed by atoms with Crippen molar-refractivity contribution in [2.45, 2.75) is 31.7 Å². The van der Waals surface area contributed by atoms with E-state index in [-0.39, 0.29) is 16.7 Å². The van der Waals surface area contributed by atoms with E-state index in [1.54, 1.807) is 24.1 Å². The molecule has 0 saturated carbocycles. The van der Waals surface area contributed by atoms with Crippen molar-refractivity contribution in [1.29, 1.82) is 0 Å². The average Bonchev–Trinajstić information content (AvgIpc) is 3.21. The maximum absolute atomic E-state index is 13.4. The molecule has 1 saturated heterocycles. The smallest absolute Gasteiger partial charge is 0.241 e. The fourth-order valence-electron chi connectivity index (χ4n) is 4.15. The van der Waals surface area contributed by atoms with Crippen molar-refractivity contribution in [2.24, 2.45) is 5.92 Å². The van der Waals surface area contributed by atoms with Crippen LogP contribution in [0.4, 0.5) is 5.69 Å². The summed E-state index contributed by atoms with van der Waals surface area (Å²) in [5, 5.41) is 0.875. The second-order valence-corrected chi connectivity index (χ2v) is 11.6. The quantitative estimate of drug-likeness (QED) is 0.533. The molecule has 0 aliphatic carbocycles. The molecule has 10 heteroatoms. The van der Waals surface area contributed by atoms with Gasteiger partial charge in [0.25, 0.3) is 0 Å². The third-order valence-corrected chi connectivity index (χ3v) is 8.38. The van der Waals surface area contributed by atoms with Gasteiger partial charge in [-0.25, -0.2) is 13.4 Å². The van der Waals surface area contributed by atoms with Crippen LogP contribution in [0, 0.1) is 12.8 Å². The van der Waals surface area contributed by atoms with E-state index in [0.29, 0.717) is 26.2 Å². The van der Waals surface area contributed by atoms with Gasteiger partial charge in [-0.05, 0) is 43.2 Å². The molecule has 0 radical (unpaired) electrons. The monoisotopic (exact) mass is 502 g/mol. The maximum Gasteiger partial charge on any atom is 0.241 e. The summed E-state index contributed by atoms with van der Waals surface area (Å²) >= 11 is 1.45. The Morgan fingerprint density at radius 2 is 1.82 bits per heavy atom. The SMILES string of the molecule is COc1ccccc1N1CCN(C(=O)[C@@H](NS(=O)(=O)c2ccc3nc(C)sc3c2)C(C)C)CC1. The zero-order valence-electron chi connectivity index (χ0n) is 19.8. The van der Waals surface area contributed by atoms with Gasteiger partial charge in [-0.3, -0.25) is 4.79 Å². The van der Waals surface area contributed by atoms with E-state index in [0.717, 1.165) is 26.7 Å². The van der Waals surface area contributed by atoms with Crippen LogP contribution in [0.15, 0.2) is 47.4 Å². The molecule has 182 valence electrons. The molecular formula is C24H30N4O4S2. The second kappa shape index (κ2) is 9.89. The highest BCUT2D eigenvalue weighted by Gasteiger charge is 2.33. The first-order valence-electron chi connectivity index (χ1n) is 11.3. The molecule has 2 aromatic carbocycles. The molecule has 8 nitrogen and oxygen atoms in total. The molecule has 1 N–H and O–H groups in total. The van der Waals surface area contributed by atoms with E-state index in [1.165, 1.54) is 17.4 Å². The topological polar surface area (TPSA) is 91.8 Å². The number of carbonyl (C=O) groups excluding carboxylic acids is 1. The number of fused-ring (bicyclic) bond motifs is 1. The highest BCUT2D eigenvalue weighted by atomic mass is 32.2. The number of para-hydroxylation sites is 2. The fraction of sp³-hybridized carbons (Fsp3) is 0.417. The standard InChI is InChI=1S/C24H30N4O4S2/c1-16(2)23(26-34(30,31)18-9-10-19-22(15-18)33-17(3)25-19)24(29)28-13-11-27(12-14-28)20-7-5-6-8-21(20)32-4/h5-10,15-16,23,26H,11-14H2,1-4H3/t23-/m0/s1. The summed E-state index contributed by atoms with van der Waals surface area (Å²) in [6, 6.07) is 11.8. The summed E-state index contributed by atoms with van der Waals surface area (Å²) < 4.78 is 35.3. The van der Waals surface area contributed by atoms with Gasteiger partial charge in [0.15, 0.2) is 0 Å². The molecule has 4 rings (SSSR count). The van der Waals surface area contributed by atoms with Crippen molar-refractivity contribution < 1.29 is 17.9 Å². The van der Waals surface area contributed by atoms with E-state index in [9.17, 15) is 13.2 Å². The van der Waals surface area contributed by atoms with Gasteiger partial charge >= 0.3 is 0 Å². The number of amides is 1. The van der Waals surface area contributed by atoms with Crippen LogP contribution in [-0.2, 0) is 14.8 Å². The molecule has 34 heavy (non-hydrogen) atoms. The van der Waals surface area contributed by atoms with Crippen molar-refractivity contribution in [2.75, 3.05) is 38.2 Å². The predicted octanol–water partition coefficient (Wildman–Crippen LogP) is 3.27. The number of hydrogen-bond acceptors (Lipinski definition) is 7. The number of anilines is 1. The fourth-order valence-corrected chi connectivity index (χ4v) is 6.45. The van der Waals surface area contributed by atoms with Gasteiger partial charge in [-0.15, -0.1) is 11.3 Å². The van der Waals surface area contributed by atoms with Crippen molar-refractivity contribution in [3.63, 3.8) is 0 Å². The number of aromatic nitrogens is 1. The molecule has 2 heterocycles. The lowest BCUT2D eigenvalue weighted by Gasteiger charge is -2.38. The largest absolute Gasteiger partial charge is 0.495 e. The number of sulfonamides is 1. The first kappa shape index (κ1) is 24.4. The van der Waals surface area contributed by atoms with E-state index >= 15 is 0 Å². The Balaban J connectivity index is 1.47. The number of carbonyl (C=O) groups is 1. The van der Waals surface area contributed by atoms with Gasteiger partial charge in [0.2, 0.25) is 15.9 Å². The zero-order valence-corrected chi connectivity index (χ0v) is 21.4. The van der Waals surface area contributed by atoms with Gasteiger partial charge in [0.1, 0.15) is 11.8 Å². The Morgan fingerprint density at radius 3 is 2.50 bits per heavy atom. The molecule has 1 atom stereocenters. The van der Waals surface area contributed by atoms with Crippen molar-refractivity contribution in [1.82, 2.24) is 14.6 Å². The van der Waals surface area contributed by atoms with Crippen molar-refractivity contribution in [3.05, 3.63) is 47.5 Å². The number of thiazole rings is 1. The molecule has 0 spiro atoms. The molecule has 1 aliphatic heterocycles. The summed E-state index contributed by atoms with van der Waals surface area (Å²) in [6.45, 7) is 7.90. The third-order valence-electron chi connectivity index (χ3n) is 6.01. The number of benzene rings is 2. The van der Waals surface area contributed by atoms with Crippen molar-refractivity contribution in [3.8, 4) is 5.75 Å². The van der Waals surface area contributed by atoms with E-state index < -0.39 is 16.1 Å². The molecule has 1 aromatic heterocycles. The number of ether oxygens (including phenoxy) is 1. The zero-order chi connectivity index (χ0) is 24.5. The Labute approximate surface area is 204 Å². The number of nitrogens with one attached hydrogen (secondary N) is 1. The van der Waals surface area contributed by atoms with Crippen LogP contribution in [0.3, 0.4) is 0 Å². The lowest BCUT2D eigenvalue weighted by Crippen LogP contribution is -2.56. The Morgan fingerprint density at radius 1 is 1.12 bits per heavy atom. The molecule has 0 bridgehead atoms. The number of hydrogen-bond donors (Lipinski definition) is 1. The maximum atomic E-state index is 13.4. The van der Waals surface area contributed by atoms with Crippen LogP contribution in [0.5, 0.6) is 5.75 Å². The molecule has 1 fully saturated rings. The summed E-state index contributed by atoms with van der Waals surface area (Å²) in [5.41, 5.74) is 1.76. The number of methoxy groups -OCH3 is 1. The first-order chi connectivity index (χ1) is 16.2. The molecule has 1 amide bonds. The van der Waals surface area contributed by atoms with Gasteiger partial charge in [-0.1, -0.05) is 26.0 Å². The first-order valence-corrected chi connectivity index (χ1v) is 13.6. The Bertz CT molecular complexity index is 1280. The molecular weight excluding hydrogens is 472 g/mol. The van der Waals surface area contributed by atoms with Crippen LogP contribution < -0.4 is 14.4 Å². The lowest BCUT2D eigenvalue weighted by atomic mass is 10.0. The summed E-state index contributed by atoms with van der Waals surface area (Å²) in [5.74, 6) is 0.389. The molecule has 0 unspecified atom stereocenters. The number of nitrogens with zero attached hydrogens (tertiary/aromatic N) is 3. The minimum atomic E-state index is -3.88. The van der Waals surface area contributed by atoms with E-state index in [2.05, 4.69) is 14.6 Å². The van der Waals surface area contributed by atoms with E-state index in [1.807, 2.05) is 45.0 Å². The van der Waals surface area contributed by atoms with Crippen molar-refractivity contribution >= 4 is 43.2 Å². The minimum absolute atomic E-state index is 0.142. The highest BCUT2D eigenvalue weighted by Crippen LogP contribution is 2.29. The normalized spacial score (nSPS) is 15.7. The summed E-state index contributed by atoms with van der Waals surface area (Å²) in [6.07, 6.45) is 0. The second-order valence-electron chi connectivity index (χ2n) is 8.69. The summed E-state index contributed by atoms with van der Waals surface area (Å²) in [4.78, 5) is 21.8. The lowest BCUT2D eigenvalue weighted by molar-refractivity contribution is -0.134.